The van der Waals surface area contributed by atoms with E-state index in [0.717, 1.165) is 37.7 Å². The molecule has 1 aromatic heterocycles. The molecule has 2 aliphatic rings. The fourth-order valence-electron chi connectivity index (χ4n) is 6.90. The predicted octanol–water partition coefficient (Wildman–Crippen LogP) is 8.08. The third-order valence-electron chi connectivity index (χ3n) is 8.81. The van der Waals surface area contributed by atoms with Crippen molar-refractivity contribution in [1.82, 2.24) is 9.47 Å². The minimum absolute atomic E-state index is 0.285. The van der Waals surface area contributed by atoms with Gasteiger partial charge in [-0.25, -0.2) is 0 Å². The van der Waals surface area contributed by atoms with Gasteiger partial charge in [-0.2, -0.15) is 0 Å². The van der Waals surface area contributed by atoms with Crippen LogP contribution in [0.2, 0.25) is 0 Å². The van der Waals surface area contributed by atoms with Gasteiger partial charge in [-0.3, -0.25) is 4.90 Å². The topological polar surface area (TPSA) is 26.6 Å². The molecule has 2 aliphatic heterocycles. The predicted molar refractivity (Wildman–Crippen MR) is 162 cm³/mol. The summed E-state index contributed by atoms with van der Waals surface area (Å²) in [4.78, 5) is 2.66. The molecule has 1 fully saturated rings. The Kier molecular flexibility index (Phi) is 6.57. The van der Waals surface area contributed by atoms with E-state index in [1.165, 1.54) is 57.3 Å². The zero-order valence-corrected chi connectivity index (χ0v) is 23.4. The van der Waals surface area contributed by atoms with Crippen molar-refractivity contribution in [1.29, 1.82) is 0 Å². The van der Waals surface area contributed by atoms with Crippen LogP contribution in [0.1, 0.15) is 46.6 Å². The lowest BCUT2D eigenvalue weighted by Crippen LogP contribution is -2.33. The Balaban J connectivity index is 1.29. The van der Waals surface area contributed by atoms with Gasteiger partial charge in [0, 0.05) is 24.5 Å². The van der Waals surface area contributed by atoms with Crippen molar-refractivity contribution < 1.29 is 9.47 Å². The van der Waals surface area contributed by atoms with Crippen molar-refractivity contribution in [2.75, 3.05) is 19.9 Å². The fourth-order valence-corrected chi connectivity index (χ4v) is 6.90. The standard InChI is InChI=1S/C36H36N2O2/c1-25-10-9-11-26(2)35(25)28-16-18-37(19-17-28)23-31-30-20-33-34(40-24-39-33)21-32(30)38(22-27-12-5-3-6-13-27)36(31)29-14-7-4-8-15-29/h3-15,20-21,28H,16-19,22-24H2,1-2H3. The Morgan fingerprint density at radius 1 is 0.725 bits per heavy atom. The maximum Gasteiger partial charge on any atom is 0.231 e. The SMILES string of the molecule is Cc1cccc(C)c1C1CCN(Cc2c(-c3ccccc3)n(Cc3ccccc3)c3cc4c(cc23)OCO4)CC1. The van der Waals surface area contributed by atoms with Crippen LogP contribution < -0.4 is 9.47 Å². The first kappa shape index (κ1) is 25.0. The van der Waals surface area contributed by atoms with Gasteiger partial charge in [0.05, 0.1) is 11.2 Å². The number of aromatic nitrogens is 1. The van der Waals surface area contributed by atoms with E-state index in [1.54, 1.807) is 5.56 Å². The molecule has 7 rings (SSSR count). The van der Waals surface area contributed by atoms with Crippen molar-refractivity contribution in [2.45, 2.75) is 45.7 Å². The summed E-state index contributed by atoms with van der Waals surface area (Å²) in [5, 5.41) is 1.26. The van der Waals surface area contributed by atoms with Crippen molar-refractivity contribution in [3.63, 3.8) is 0 Å². The highest BCUT2D eigenvalue weighted by Crippen LogP contribution is 2.43. The van der Waals surface area contributed by atoms with E-state index in [2.05, 4.69) is 114 Å². The van der Waals surface area contributed by atoms with Gasteiger partial charge in [-0.15, -0.1) is 0 Å². The molecule has 1 saturated heterocycles. The Morgan fingerprint density at radius 3 is 2.08 bits per heavy atom. The number of ether oxygens (including phenoxy) is 2. The molecular weight excluding hydrogens is 492 g/mol. The van der Waals surface area contributed by atoms with Gasteiger partial charge in [-0.1, -0.05) is 78.9 Å². The number of hydrogen-bond acceptors (Lipinski definition) is 3. The lowest BCUT2D eigenvalue weighted by Gasteiger charge is -2.33. The van der Waals surface area contributed by atoms with Crippen LogP contribution in [0.3, 0.4) is 0 Å². The third-order valence-corrected chi connectivity index (χ3v) is 8.81. The highest BCUT2D eigenvalue weighted by molar-refractivity contribution is 5.94. The molecule has 0 aliphatic carbocycles. The molecule has 0 spiro atoms. The van der Waals surface area contributed by atoms with Crippen molar-refractivity contribution in [3.05, 3.63) is 119 Å². The zero-order chi connectivity index (χ0) is 27.1. The number of aryl methyl sites for hydroxylation is 2. The van der Waals surface area contributed by atoms with Crippen LogP contribution in [0.5, 0.6) is 11.5 Å². The van der Waals surface area contributed by atoms with Gasteiger partial charge >= 0.3 is 0 Å². The highest BCUT2D eigenvalue weighted by Gasteiger charge is 2.28. The van der Waals surface area contributed by atoms with E-state index in [1.807, 2.05) is 0 Å². The molecular formula is C36H36N2O2. The average Bonchev–Trinajstić information content (AvgIpc) is 3.56. The molecule has 0 atom stereocenters. The van der Waals surface area contributed by atoms with Crippen LogP contribution in [-0.2, 0) is 13.1 Å². The van der Waals surface area contributed by atoms with E-state index < -0.39 is 0 Å². The maximum absolute atomic E-state index is 5.87. The second-order valence-corrected chi connectivity index (χ2v) is 11.3. The van der Waals surface area contributed by atoms with E-state index in [4.69, 9.17) is 9.47 Å². The first-order chi connectivity index (χ1) is 19.7. The molecule has 4 heteroatoms. The van der Waals surface area contributed by atoms with Crippen LogP contribution in [0.15, 0.2) is 91.0 Å². The van der Waals surface area contributed by atoms with Crippen molar-refractivity contribution >= 4 is 10.9 Å². The molecule has 0 saturated carbocycles. The van der Waals surface area contributed by atoms with Gasteiger partial charge in [0.1, 0.15) is 0 Å². The van der Waals surface area contributed by atoms with Crippen LogP contribution in [0, 0.1) is 13.8 Å². The quantitative estimate of drug-likeness (QED) is 0.223. The van der Waals surface area contributed by atoms with Crippen LogP contribution >= 0.6 is 0 Å². The summed E-state index contributed by atoms with van der Waals surface area (Å²) < 4.78 is 14.2. The molecule has 0 unspecified atom stereocenters. The van der Waals surface area contributed by atoms with E-state index in [9.17, 15) is 0 Å². The molecule has 0 radical (unpaired) electrons. The molecule has 0 bridgehead atoms. The van der Waals surface area contributed by atoms with Crippen LogP contribution in [0.4, 0.5) is 0 Å². The number of rotatable bonds is 6. The summed E-state index contributed by atoms with van der Waals surface area (Å²) in [5.74, 6) is 2.32. The summed E-state index contributed by atoms with van der Waals surface area (Å²) in [6.45, 7) is 8.75. The molecule has 4 nitrogen and oxygen atoms in total. The molecule has 0 N–H and O–H groups in total. The number of hydrogen-bond donors (Lipinski definition) is 0. The third kappa shape index (κ3) is 4.56. The number of likely N-dealkylation sites (tertiary alicyclic amines) is 1. The fraction of sp³-hybridized carbons (Fsp3) is 0.278. The number of fused-ring (bicyclic) bond motifs is 2. The molecule has 202 valence electrons. The molecule has 0 amide bonds. The summed E-state index contributed by atoms with van der Waals surface area (Å²) in [6.07, 6.45) is 2.39. The first-order valence-electron chi connectivity index (χ1n) is 14.5. The van der Waals surface area contributed by atoms with Crippen molar-refractivity contribution in [3.8, 4) is 22.8 Å². The zero-order valence-electron chi connectivity index (χ0n) is 23.4. The Bertz CT molecular complexity index is 1630. The summed E-state index contributed by atoms with van der Waals surface area (Å²) in [5.41, 5.74) is 10.8. The van der Waals surface area contributed by atoms with Gasteiger partial charge in [0.15, 0.2) is 11.5 Å². The van der Waals surface area contributed by atoms with E-state index >= 15 is 0 Å². The summed E-state index contributed by atoms with van der Waals surface area (Å²) in [6, 6.07) is 32.8. The normalized spacial score (nSPS) is 15.7. The Labute approximate surface area is 236 Å². The largest absolute Gasteiger partial charge is 0.454 e. The maximum atomic E-state index is 5.87. The number of nitrogens with zero attached hydrogens (tertiary/aromatic N) is 2. The summed E-state index contributed by atoms with van der Waals surface area (Å²) >= 11 is 0. The van der Waals surface area contributed by atoms with Crippen LogP contribution in [-0.4, -0.2) is 29.3 Å². The van der Waals surface area contributed by atoms with Gasteiger partial charge < -0.3 is 14.0 Å². The molecule has 40 heavy (non-hydrogen) atoms. The second-order valence-electron chi connectivity index (χ2n) is 11.3. The average molecular weight is 529 g/mol. The number of piperidine rings is 1. The highest BCUT2D eigenvalue weighted by atomic mass is 16.7. The van der Waals surface area contributed by atoms with Crippen LogP contribution in [0.25, 0.3) is 22.2 Å². The minimum atomic E-state index is 0.285. The lowest BCUT2D eigenvalue weighted by molar-refractivity contribution is 0.174. The van der Waals surface area contributed by atoms with E-state index in [-0.39, 0.29) is 6.79 Å². The Hall–Kier alpha value is -4.02. The molecule has 5 aromatic rings. The van der Waals surface area contributed by atoms with Gasteiger partial charge in [-0.05, 0) is 85.1 Å². The number of benzene rings is 4. The Morgan fingerprint density at radius 2 is 1.38 bits per heavy atom. The minimum Gasteiger partial charge on any atom is -0.454 e. The monoisotopic (exact) mass is 528 g/mol. The molecule has 3 heterocycles. The smallest absolute Gasteiger partial charge is 0.231 e. The molecule has 4 aromatic carbocycles. The summed E-state index contributed by atoms with van der Waals surface area (Å²) in [7, 11) is 0. The van der Waals surface area contributed by atoms with E-state index in [0.29, 0.717) is 5.92 Å². The second kappa shape index (κ2) is 10.5. The first-order valence-corrected chi connectivity index (χ1v) is 14.5. The lowest BCUT2D eigenvalue weighted by atomic mass is 9.84. The van der Waals surface area contributed by atoms with Crippen molar-refractivity contribution in [2.24, 2.45) is 0 Å². The van der Waals surface area contributed by atoms with Gasteiger partial charge in [0.25, 0.3) is 0 Å². The van der Waals surface area contributed by atoms with Gasteiger partial charge in [0.2, 0.25) is 6.79 Å².